The van der Waals surface area contributed by atoms with Crippen LogP contribution in [0.2, 0.25) is 0 Å². The largest absolute Gasteiger partial charge is 0.633 e. The highest BCUT2D eigenvalue weighted by molar-refractivity contribution is 5.30. The van der Waals surface area contributed by atoms with Gasteiger partial charge in [0, 0.05) is 6.42 Å². The molecule has 0 amide bonds. The van der Waals surface area contributed by atoms with Gasteiger partial charge < -0.3 is 14.6 Å². The summed E-state index contributed by atoms with van der Waals surface area (Å²) in [4.78, 5) is 0. The molecule has 0 aliphatic carbocycles. The summed E-state index contributed by atoms with van der Waals surface area (Å²) in [6, 6.07) is 8.45. The van der Waals surface area contributed by atoms with Crippen molar-refractivity contribution in [1.29, 1.82) is 0 Å². The highest BCUT2D eigenvalue weighted by atomic mass is 16.6. The number of hydrogen-bond acceptors (Lipinski definition) is 2. The van der Waals surface area contributed by atoms with Gasteiger partial charge in [0.15, 0.2) is 0 Å². The average molecular weight is 247 g/mol. The number of piperidine rings is 1. The molecule has 2 aliphatic rings. The minimum atomic E-state index is -0.204. The first-order chi connectivity index (χ1) is 8.65. The van der Waals surface area contributed by atoms with Gasteiger partial charge in [-0.15, -0.1) is 0 Å². The number of fused-ring (bicyclic) bond motifs is 1. The number of rotatable bonds is 1. The van der Waals surface area contributed by atoms with E-state index in [1.807, 2.05) is 6.92 Å². The first kappa shape index (κ1) is 12.2. The fourth-order valence-corrected chi connectivity index (χ4v) is 3.40. The first-order valence-electron chi connectivity index (χ1n) is 6.93. The maximum Gasteiger partial charge on any atom is 0.122 e. The van der Waals surface area contributed by atoms with Crippen LogP contribution in [0.15, 0.2) is 24.3 Å². The van der Waals surface area contributed by atoms with Crippen molar-refractivity contribution in [3.63, 3.8) is 0 Å². The number of ether oxygens (including phenoxy) is 1. The Labute approximate surface area is 109 Å². The van der Waals surface area contributed by atoms with Crippen LogP contribution in [0.3, 0.4) is 0 Å². The van der Waals surface area contributed by atoms with Gasteiger partial charge in [-0.2, -0.15) is 0 Å². The molecule has 1 aromatic rings. The highest BCUT2D eigenvalue weighted by Crippen LogP contribution is 2.37. The number of benzene rings is 1. The number of hydroxylamine groups is 3. The summed E-state index contributed by atoms with van der Waals surface area (Å²) in [6.45, 7) is 4.69. The number of likely N-dealkylation sites (tertiary alicyclic amines) is 1. The molecule has 0 aromatic heterocycles. The SMILES string of the molecule is CC[N+]1([O-])CCCC2(Cc3ccccc3CO2)C1. The topological polar surface area (TPSA) is 32.3 Å². The molecule has 18 heavy (non-hydrogen) atoms. The summed E-state index contributed by atoms with van der Waals surface area (Å²) in [5.41, 5.74) is 2.45. The number of likely N-dealkylation sites (N-methyl/N-ethyl adjacent to an activating group) is 1. The van der Waals surface area contributed by atoms with Crippen LogP contribution in [0.25, 0.3) is 0 Å². The van der Waals surface area contributed by atoms with E-state index in [9.17, 15) is 5.21 Å². The van der Waals surface area contributed by atoms with E-state index in [4.69, 9.17) is 4.74 Å². The van der Waals surface area contributed by atoms with Crippen LogP contribution in [0.4, 0.5) is 0 Å². The zero-order chi connectivity index (χ0) is 12.6. The highest BCUT2D eigenvalue weighted by Gasteiger charge is 2.43. The molecule has 0 bridgehead atoms. The Morgan fingerprint density at radius 3 is 2.89 bits per heavy atom. The van der Waals surface area contributed by atoms with E-state index >= 15 is 0 Å². The molecule has 2 heterocycles. The minimum absolute atomic E-state index is 0.0812. The molecule has 2 unspecified atom stereocenters. The van der Waals surface area contributed by atoms with E-state index < -0.39 is 0 Å². The van der Waals surface area contributed by atoms with Gasteiger partial charge in [0.25, 0.3) is 0 Å². The van der Waals surface area contributed by atoms with Gasteiger partial charge in [-0.1, -0.05) is 24.3 Å². The van der Waals surface area contributed by atoms with Gasteiger partial charge >= 0.3 is 0 Å². The lowest BCUT2D eigenvalue weighted by molar-refractivity contribution is -0.891. The Morgan fingerprint density at radius 2 is 2.11 bits per heavy atom. The molecule has 1 fully saturated rings. The molecule has 98 valence electrons. The summed E-state index contributed by atoms with van der Waals surface area (Å²) in [5, 5.41) is 12.5. The summed E-state index contributed by atoms with van der Waals surface area (Å²) < 4.78 is 6.03. The van der Waals surface area contributed by atoms with E-state index in [2.05, 4.69) is 24.3 Å². The second-order valence-corrected chi connectivity index (χ2v) is 5.78. The molecule has 3 heteroatoms. The summed E-state index contributed by atoms with van der Waals surface area (Å²) in [6.07, 6.45) is 2.93. The van der Waals surface area contributed by atoms with Gasteiger partial charge in [-0.25, -0.2) is 0 Å². The van der Waals surface area contributed by atoms with Crippen LogP contribution < -0.4 is 0 Å². The molecular weight excluding hydrogens is 226 g/mol. The van der Waals surface area contributed by atoms with E-state index in [0.29, 0.717) is 19.7 Å². The third-order valence-corrected chi connectivity index (χ3v) is 4.52. The fourth-order valence-electron chi connectivity index (χ4n) is 3.40. The standard InChI is InChI=1S/C15H21NO2/c1-2-16(17)9-5-8-15(12-16)10-13-6-3-4-7-14(13)11-18-15/h3-4,6-7H,2,5,8-12H2,1H3. The predicted molar refractivity (Wildman–Crippen MR) is 70.8 cm³/mol. The molecular formula is C15H21NO2. The van der Waals surface area contributed by atoms with Gasteiger partial charge in [0.2, 0.25) is 0 Å². The van der Waals surface area contributed by atoms with Crippen LogP contribution in [-0.4, -0.2) is 29.9 Å². The van der Waals surface area contributed by atoms with Crippen molar-refractivity contribution < 1.29 is 9.38 Å². The molecule has 3 rings (SSSR count). The quantitative estimate of drug-likeness (QED) is 0.564. The van der Waals surface area contributed by atoms with Crippen molar-refractivity contribution in [2.45, 2.75) is 38.4 Å². The Kier molecular flexibility index (Phi) is 2.93. The van der Waals surface area contributed by atoms with Crippen LogP contribution in [0.1, 0.15) is 30.9 Å². The lowest BCUT2D eigenvalue weighted by Crippen LogP contribution is -2.59. The molecule has 3 nitrogen and oxygen atoms in total. The molecule has 1 aromatic carbocycles. The van der Waals surface area contributed by atoms with Crippen molar-refractivity contribution in [2.75, 3.05) is 19.6 Å². The smallest absolute Gasteiger partial charge is 0.122 e. The number of hydrogen-bond donors (Lipinski definition) is 0. The minimum Gasteiger partial charge on any atom is -0.633 e. The molecule has 2 aliphatic heterocycles. The Bertz CT molecular complexity index is 448. The number of quaternary nitrogens is 1. The van der Waals surface area contributed by atoms with E-state index in [-0.39, 0.29) is 10.2 Å². The average Bonchev–Trinajstić information content (AvgIpc) is 2.38. The second kappa shape index (κ2) is 4.34. The van der Waals surface area contributed by atoms with E-state index in [1.54, 1.807) is 0 Å². The monoisotopic (exact) mass is 247 g/mol. The summed E-state index contributed by atoms with van der Waals surface area (Å²) in [7, 11) is 0. The van der Waals surface area contributed by atoms with Crippen LogP contribution in [0, 0.1) is 5.21 Å². The first-order valence-corrected chi connectivity index (χ1v) is 6.93. The molecule has 0 radical (unpaired) electrons. The van der Waals surface area contributed by atoms with Crippen LogP contribution in [-0.2, 0) is 17.8 Å². The van der Waals surface area contributed by atoms with Gasteiger partial charge in [0.1, 0.15) is 12.1 Å². The molecule has 2 atom stereocenters. The van der Waals surface area contributed by atoms with Crippen molar-refractivity contribution in [3.8, 4) is 0 Å². The lowest BCUT2D eigenvalue weighted by Gasteiger charge is -2.53. The van der Waals surface area contributed by atoms with Crippen LogP contribution in [0.5, 0.6) is 0 Å². The van der Waals surface area contributed by atoms with Gasteiger partial charge in [-0.05, 0) is 30.9 Å². The Hall–Kier alpha value is -0.900. The lowest BCUT2D eigenvalue weighted by atomic mass is 9.82. The second-order valence-electron chi connectivity index (χ2n) is 5.78. The Balaban J connectivity index is 1.85. The molecule has 0 N–H and O–H groups in total. The van der Waals surface area contributed by atoms with Gasteiger partial charge in [-0.3, -0.25) is 0 Å². The zero-order valence-electron chi connectivity index (χ0n) is 11.0. The van der Waals surface area contributed by atoms with Crippen molar-refractivity contribution >= 4 is 0 Å². The fraction of sp³-hybridized carbons (Fsp3) is 0.600. The van der Waals surface area contributed by atoms with Crippen molar-refractivity contribution in [3.05, 3.63) is 40.6 Å². The predicted octanol–water partition coefficient (Wildman–Crippen LogP) is 2.63. The van der Waals surface area contributed by atoms with E-state index in [1.165, 1.54) is 11.1 Å². The van der Waals surface area contributed by atoms with Crippen LogP contribution >= 0.6 is 0 Å². The maximum atomic E-state index is 12.5. The number of nitrogens with zero attached hydrogens (tertiary/aromatic N) is 1. The molecule has 0 saturated carbocycles. The third kappa shape index (κ3) is 2.07. The normalized spacial score (nSPS) is 35.4. The summed E-state index contributed by atoms with van der Waals surface area (Å²) >= 11 is 0. The van der Waals surface area contributed by atoms with Gasteiger partial charge in [0.05, 0.1) is 19.7 Å². The van der Waals surface area contributed by atoms with E-state index in [0.717, 1.165) is 25.8 Å². The van der Waals surface area contributed by atoms with Crippen molar-refractivity contribution in [2.24, 2.45) is 0 Å². The molecule has 1 spiro atoms. The van der Waals surface area contributed by atoms with Crippen molar-refractivity contribution in [1.82, 2.24) is 0 Å². The zero-order valence-corrected chi connectivity index (χ0v) is 11.0. The maximum absolute atomic E-state index is 12.5. The Morgan fingerprint density at radius 1 is 1.33 bits per heavy atom. The third-order valence-electron chi connectivity index (χ3n) is 4.52. The summed E-state index contributed by atoms with van der Waals surface area (Å²) in [5.74, 6) is 0. The molecule has 1 saturated heterocycles.